The molecule has 0 aliphatic rings. The lowest BCUT2D eigenvalue weighted by atomic mass is 10.0. The molecule has 0 heterocycles. The standard InChI is InChI=1S/C16H32ClNO/c1-4-5-6-7-8-9-10-11-16(19)18-15(12-13-17)14(2)3/h14-15H,4-13H2,1-3H3,(H,18,19). The molecule has 1 unspecified atom stereocenters. The number of rotatable bonds is 12. The Balaban J connectivity index is 3.57. The number of halogens is 1. The van der Waals surface area contributed by atoms with E-state index in [4.69, 9.17) is 11.6 Å². The number of carbonyl (C=O) groups is 1. The molecule has 0 bridgehead atoms. The topological polar surface area (TPSA) is 29.1 Å². The summed E-state index contributed by atoms with van der Waals surface area (Å²) >= 11 is 5.76. The van der Waals surface area contributed by atoms with Gasteiger partial charge in [-0.2, -0.15) is 0 Å². The van der Waals surface area contributed by atoms with E-state index in [2.05, 4.69) is 26.1 Å². The third kappa shape index (κ3) is 11.3. The fourth-order valence-corrected chi connectivity index (χ4v) is 2.45. The minimum Gasteiger partial charge on any atom is -0.353 e. The molecule has 0 aromatic carbocycles. The van der Waals surface area contributed by atoms with Crippen molar-refractivity contribution in [2.45, 2.75) is 84.6 Å². The lowest BCUT2D eigenvalue weighted by Gasteiger charge is -2.21. The van der Waals surface area contributed by atoms with Gasteiger partial charge in [-0.15, -0.1) is 11.6 Å². The molecule has 19 heavy (non-hydrogen) atoms. The first kappa shape index (κ1) is 18.8. The summed E-state index contributed by atoms with van der Waals surface area (Å²) in [7, 11) is 0. The smallest absolute Gasteiger partial charge is 0.220 e. The van der Waals surface area contributed by atoms with E-state index in [1.54, 1.807) is 0 Å². The summed E-state index contributed by atoms with van der Waals surface area (Å²) in [6.07, 6.45) is 10.3. The quantitative estimate of drug-likeness (QED) is 0.402. The molecule has 1 amide bonds. The maximum Gasteiger partial charge on any atom is 0.220 e. The monoisotopic (exact) mass is 289 g/mol. The van der Waals surface area contributed by atoms with Gasteiger partial charge in [0, 0.05) is 18.3 Å². The molecule has 1 atom stereocenters. The third-order valence-corrected chi connectivity index (χ3v) is 3.80. The molecular formula is C16H32ClNO. The highest BCUT2D eigenvalue weighted by atomic mass is 35.5. The summed E-state index contributed by atoms with van der Waals surface area (Å²) in [5, 5.41) is 3.11. The molecule has 0 spiro atoms. The van der Waals surface area contributed by atoms with E-state index in [9.17, 15) is 4.79 Å². The predicted molar refractivity (Wildman–Crippen MR) is 84.7 cm³/mol. The molecule has 0 aliphatic heterocycles. The average molecular weight is 290 g/mol. The molecule has 0 rings (SSSR count). The zero-order chi connectivity index (χ0) is 14.5. The lowest BCUT2D eigenvalue weighted by molar-refractivity contribution is -0.122. The van der Waals surface area contributed by atoms with Crippen molar-refractivity contribution in [2.24, 2.45) is 5.92 Å². The Bertz CT molecular complexity index is 219. The van der Waals surface area contributed by atoms with Crippen LogP contribution in [-0.2, 0) is 4.79 Å². The third-order valence-electron chi connectivity index (χ3n) is 3.58. The molecule has 0 saturated carbocycles. The van der Waals surface area contributed by atoms with Crippen LogP contribution in [0.1, 0.15) is 78.6 Å². The van der Waals surface area contributed by atoms with E-state index in [1.165, 1.54) is 38.5 Å². The largest absolute Gasteiger partial charge is 0.353 e. The lowest BCUT2D eigenvalue weighted by Crippen LogP contribution is -2.38. The summed E-state index contributed by atoms with van der Waals surface area (Å²) in [4.78, 5) is 11.8. The van der Waals surface area contributed by atoms with Gasteiger partial charge in [0.05, 0.1) is 0 Å². The number of unbranched alkanes of at least 4 members (excludes halogenated alkanes) is 6. The van der Waals surface area contributed by atoms with E-state index in [0.717, 1.165) is 12.8 Å². The van der Waals surface area contributed by atoms with Crippen molar-refractivity contribution < 1.29 is 4.79 Å². The van der Waals surface area contributed by atoms with E-state index in [-0.39, 0.29) is 11.9 Å². The molecule has 0 aliphatic carbocycles. The Morgan fingerprint density at radius 2 is 1.63 bits per heavy atom. The Morgan fingerprint density at radius 1 is 1.05 bits per heavy atom. The first-order valence-electron chi connectivity index (χ1n) is 7.97. The van der Waals surface area contributed by atoms with Crippen LogP contribution in [0.4, 0.5) is 0 Å². The van der Waals surface area contributed by atoms with Crippen molar-refractivity contribution in [1.82, 2.24) is 5.32 Å². The molecule has 114 valence electrons. The van der Waals surface area contributed by atoms with Crippen LogP contribution in [-0.4, -0.2) is 17.8 Å². The normalized spacial score (nSPS) is 12.7. The van der Waals surface area contributed by atoms with Gasteiger partial charge in [-0.3, -0.25) is 4.79 Å². The van der Waals surface area contributed by atoms with Crippen molar-refractivity contribution in [2.75, 3.05) is 5.88 Å². The Morgan fingerprint density at radius 3 is 2.16 bits per heavy atom. The zero-order valence-electron chi connectivity index (χ0n) is 13.0. The Labute approximate surface area is 124 Å². The molecule has 0 aromatic heterocycles. The van der Waals surface area contributed by atoms with Gasteiger partial charge in [0.25, 0.3) is 0 Å². The summed E-state index contributed by atoms with van der Waals surface area (Å²) in [6, 6.07) is 0.231. The van der Waals surface area contributed by atoms with Crippen molar-refractivity contribution in [3.05, 3.63) is 0 Å². The number of amides is 1. The van der Waals surface area contributed by atoms with Gasteiger partial charge in [-0.25, -0.2) is 0 Å². The van der Waals surface area contributed by atoms with Crippen LogP contribution in [0.5, 0.6) is 0 Å². The predicted octanol–water partition coefficient (Wildman–Crippen LogP) is 4.90. The summed E-state index contributed by atoms with van der Waals surface area (Å²) in [5.41, 5.74) is 0. The van der Waals surface area contributed by atoms with Crippen LogP contribution in [0.2, 0.25) is 0 Å². The maximum absolute atomic E-state index is 11.8. The van der Waals surface area contributed by atoms with Crippen LogP contribution >= 0.6 is 11.6 Å². The van der Waals surface area contributed by atoms with Crippen molar-refractivity contribution in [3.63, 3.8) is 0 Å². The van der Waals surface area contributed by atoms with E-state index < -0.39 is 0 Å². The Hall–Kier alpha value is -0.240. The fraction of sp³-hybridized carbons (Fsp3) is 0.938. The molecular weight excluding hydrogens is 258 g/mol. The number of hydrogen-bond donors (Lipinski definition) is 1. The van der Waals surface area contributed by atoms with Crippen molar-refractivity contribution >= 4 is 17.5 Å². The average Bonchev–Trinajstić information content (AvgIpc) is 2.37. The second-order valence-electron chi connectivity index (χ2n) is 5.77. The van der Waals surface area contributed by atoms with Crippen LogP contribution in [0.15, 0.2) is 0 Å². The van der Waals surface area contributed by atoms with E-state index in [0.29, 0.717) is 18.2 Å². The van der Waals surface area contributed by atoms with Gasteiger partial charge in [0.1, 0.15) is 0 Å². The second kappa shape index (κ2) is 12.8. The zero-order valence-corrected chi connectivity index (χ0v) is 13.8. The van der Waals surface area contributed by atoms with E-state index in [1.807, 2.05) is 0 Å². The summed E-state index contributed by atoms with van der Waals surface area (Å²) in [6.45, 7) is 6.49. The number of alkyl halides is 1. The van der Waals surface area contributed by atoms with Crippen molar-refractivity contribution in [3.8, 4) is 0 Å². The second-order valence-corrected chi connectivity index (χ2v) is 6.14. The fourth-order valence-electron chi connectivity index (χ4n) is 2.21. The number of hydrogen-bond acceptors (Lipinski definition) is 1. The number of nitrogens with one attached hydrogen (secondary N) is 1. The van der Waals surface area contributed by atoms with Gasteiger partial charge in [0.15, 0.2) is 0 Å². The van der Waals surface area contributed by atoms with Crippen molar-refractivity contribution in [1.29, 1.82) is 0 Å². The molecule has 0 aromatic rings. The maximum atomic E-state index is 11.8. The first-order valence-corrected chi connectivity index (χ1v) is 8.50. The molecule has 1 N–H and O–H groups in total. The van der Waals surface area contributed by atoms with Crippen LogP contribution in [0, 0.1) is 5.92 Å². The van der Waals surface area contributed by atoms with Crippen LogP contribution < -0.4 is 5.32 Å². The molecule has 0 radical (unpaired) electrons. The van der Waals surface area contributed by atoms with Gasteiger partial charge >= 0.3 is 0 Å². The van der Waals surface area contributed by atoms with Gasteiger partial charge in [0.2, 0.25) is 5.91 Å². The highest BCUT2D eigenvalue weighted by Crippen LogP contribution is 2.10. The Kier molecular flexibility index (Phi) is 12.6. The first-order chi connectivity index (χ1) is 9.11. The summed E-state index contributed by atoms with van der Waals surface area (Å²) < 4.78 is 0. The highest BCUT2D eigenvalue weighted by molar-refractivity contribution is 6.17. The summed E-state index contributed by atoms with van der Waals surface area (Å²) in [5.74, 6) is 1.26. The molecule has 0 fully saturated rings. The molecule has 0 saturated heterocycles. The number of carbonyl (C=O) groups excluding carboxylic acids is 1. The highest BCUT2D eigenvalue weighted by Gasteiger charge is 2.14. The van der Waals surface area contributed by atoms with E-state index >= 15 is 0 Å². The van der Waals surface area contributed by atoms with Gasteiger partial charge in [-0.1, -0.05) is 59.3 Å². The minimum absolute atomic E-state index is 0.192. The van der Waals surface area contributed by atoms with Crippen LogP contribution in [0.3, 0.4) is 0 Å². The molecule has 3 heteroatoms. The van der Waals surface area contributed by atoms with Gasteiger partial charge in [-0.05, 0) is 18.8 Å². The van der Waals surface area contributed by atoms with Gasteiger partial charge < -0.3 is 5.32 Å². The minimum atomic E-state index is 0.192. The SMILES string of the molecule is CCCCCCCCCC(=O)NC(CCCl)C(C)C. The van der Waals surface area contributed by atoms with Crippen LogP contribution in [0.25, 0.3) is 0 Å². The molecule has 2 nitrogen and oxygen atoms in total.